The molecule has 4 heteroatoms. The van der Waals surface area contributed by atoms with E-state index in [4.69, 9.17) is 5.84 Å². The number of carbonyl (C=O) groups is 1. The van der Waals surface area contributed by atoms with Gasteiger partial charge in [-0.25, -0.2) is 10.9 Å². The zero-order chi connectivity index (χ0) is 13.5. The van der Waals surface area contributed by atoms with Gasteiger partial charge in [-0.1, -0.05) is 24.3 Å². The highest BCUT2D eigenvalue weighted by Crippen LogP contribution is 2.11. The van der Waals surface area contributed by atoms with Crippen LogP contribution >= 0.6 is 0 Å². The number of hydrazine groups is 1. The molecule has 0 fully saturated rings. The first-order chi connectivity index (χ1) is 9.27. The number of hydrogen-bond acceptors (Lipinski definition) is 3. The van der Waals surface area contributed by atoms with E-state index in [-0.39, 0.29) is 5.91 Å². The van der Waals surface area contributed by atoms with Crippen LogP contribution in [-0.4, -0.2) is 10.9 Å². The van der Waals surface area contributed by atoms with Crippen LogP contribution in [0.1, 0.15) is 18.5 Å². The number of hydrogen-bond donors (Lipinski definition) is 1. The Morgan fingerprint density at radius 1 is 1.11 bits per heavy atom. The van der Waals surface area contributed by atoms with Crippen LogP contribution in [0, 0.1) is 0 Å². The third kappa shape index (κ3) is 3.89. The molecule has 1 heterocycles. The maximum atomic E-state index is 11.9. The highest BCUT2D eigenvalue weighted by atomic mass is 16.2. The zero-order valence-electron chi connectivity index (χ0n) is 10.7. The summed E-state index contributed by atoms with van der Waals surface area (Å²) in [5.41, 5.74) is 1.71. The molecule has 0 aliphatic heterocycles. The van der Waals surface area contributed by atoms with Crippen LogP contribution < -0.4 is 10.9 Å². The van der Waals surface area contributed by atoms with E-state index in [9.17, 15) is 4.79 Å². The minimum atomic E-state index is -0.0814. The van der Waals surface area contributed by atoms with Crippen molar-refractivity contribution in [3.8, 4) is 0 Å². The summed E-state index contributed by atoms with van der Waals surface area (Å²) in [7, 11) is 0. The smallest absolute Gasteiger partial charge is 0.241 e. The van der Waals surface area contributed by atoms with Gasteiger partial charge in [-0.3, -0.25) is 9.78 Å². The number of carbonyl (C=O) groups excluding carboxylic acids is 1. The Morgan fingerprint density at radius 3 is 2.53 bits per heavy atom. The molecule has 0 saturated heterocycles. The number of aromatic nitrogens is 1. The highest BCUT2D eigenvalue weighted by Gasteiger charge is 2.10. The standard InChI is InChI=1S/C15H17N3O/c16-18(14-9-2-1-3-10-14)15(19)11-6-8-13-7-4-5-12-17-13/h1-5,7,9-10,12H,6,8,11,16H2. The molecule has 0 aliphatic carbocycles. The van der Waals surface area contributed by atoms with Crippen LogP contribution in [0.2, 0.25) is 0 Å². The minimum absolute atomic E-state index is 0.0814. The van der Waals surface area contributed by atoms with Gasteiger partial charge in [0.15, 0.2) is 0 Å². The minimum Gasteiger partial charge on any atom is -0.273 e. The number of rotatable bonds is 5. The van der Waals surface area contributed by atoms with Gasteiger partial charge in [0.1, 0.15) is 0 Å². The lowest BCUT2D eigenvalue weighted by Crippen LogP contribution is -2.37. The van der Waals surface area contributed by atoms with Crippen molar-refractivity contribution in [2.45, 2.75) is 19.3 Å². The van der Waals surface area contributed by atoms with Gasteiger partial charge in [-0.15, -0.1) is 0 Å². The Morgan fingerprint density at radius 2 is 1.84 bits per heavy atom. The van der Waals surface area contributed by atoms with Crippen molar-refractivity contribution in [3.63, 3.8) is 0 Å². The molecule has 4 nitrogen and oxygen atoms in total. The molecule has 0 radical (unpaired) electrons. The van der Waals surface area contributed by atoms with Crippen LogP contribution in [0.3, 0.4) is 0 Å². The monoisotopic (exact) mass is 255 g/mol. The molecule has 2 aromatic rings. The van der Waals surface area contributed by atoms with E-state index >= 15 is 0 Å². The van der Waals surface area contributed by atoms with E-state index in [1.54, 1.807) is 6.20 Å². The summed E-state index contributed by atoms with van der Waals surface area (Å²) >= 11 is 0. The molecular weight excluding hydrogens is 238 g/mol. The van der Waals surface area contributed by atoms with Gasteiger partial charge in [0.05, 0.1) is 5.69 Å². The summed E-state index contributed by atoms with van der Waals surface area (Å²) in [6.07, 6.45) is 3.71. The van der Waals surface area contributed by atoms with Crippen molar-refractivity contribution in [1.82, 2.24) is 4.98 Å². The quantitative estimate of drug-likeness (QED) is 0.506. The van der Waals surface area contributed by atoms with Gasteiger partial charge in [-0.05, 0) is 37.1 Å². The second kappa shape index (κ2) is 6.66. The van der Waals surface area contributed by atoms with Gasteiger partial charge in [-0.2, -0.15) is 0 Å². The Labute approximate surface area is 112 Å². The van der Waals surface area contributed by atoms with Crippen LogP contribution in [0.25, 0.3) is 0 Å². The fraction of sp³-hybridized carbons (Fsp3) is 0.200. The van der Waals surface area contributed by atoms with E-state index in [0.717, 1.165) is 18.5 Å². The first-order valence-corrected chi connectivity index (χ1v) is 6.30. The predicted octanol–water partition coefficient (Wildman–Crippen LogP) is 2.31. The lowest BCUT2D eigenvalue weighted by Gasteiger charge is -2.16. The molecule has 0 atom stereocenters. The number of amides is 1. The molecule has 19 heavy (non-hydrogen) atoms. The summed E-state index contributed by atoms with van der Waals surface area (Å²) in [5, 5.41) is 1.21. The number of nitrogens with zero attached hydrogens (tertiary/aromatic N) is 2. The molecule has 1 amide bonds. The third-order valence-corrected chi connectivity index (χ3v) is 2.85. The molecule has 1 aromatic heterocycles. The summed E-state index contributed by atoms with van der Waals surface area (Å²) in [6, 6.07) is 15.0. The fourth-order valence-electron chi connectivity index (χ4n) is 1.82. The molecule has 2 N–H and O–H groups in total. The van der Waals surface area contributed by atoms with Crippen LogP contribution in [-0.2, 0) is 11.2 Å². The Hall–Kier alpha value is -2.20. The number of aryl methyl sites for hydroxylation is 1. The topological polar surface area (TPSA) is 59.2 Å². The Kier molecular flexibility index (Phi) is 4.64. The summed E-state index contributed by atoms with van der Waals surface area (Å²) < 4.78 is 0. The molecular formula is C15H17N3O. The molecule has 0 saturated carbocycles. The average molecular weight is 255 g/mol. The summed E-state index contributed by atoms with van der Waals surface area (Å²) in [4.78, 5) is 16.1. The van der Waals surface area contributed by atoms with Gasteiger partial charge < -0.3 is 0 Å². The number of nitrogens with two attached hydrogens (primary N) is 1. The van der Waals surface area contributed by atoms with Crippen LogP contribution in [0.5, 0.6) is 0 Å². The van der Waals surface area contributed by atoms with Crippen LogP contribution in [0.15, 0.2) is 54.7 Å². The maximum absolute atomic E-state index is 11.9. The fourth-order valence-corrected chi connectivity index (χ4v) is 1.82. The molecule has 0 bridgehead atoms. The second-order valence-electron chi connectivity index (χ2n) is 4.27. The van der Waals surface area contributed by atoms with Gasteiger partial charge >= 0.3 is 0 Å². The van der Waals surface area contributed by atoms with Crippen molar-refractivity contribution >= 4 is 11.6 Å². The number of anilines is 1. The van der Waals surface area contributed by atoms with Gasteiger partial charge in [0.25, 0.3) is 0 Å². The largest absolute Gasteiger partial charge is 0.273 e. The van der Waals surface area contributed by atoms with Crippen molar-refractivity contribution in [3.05, 3.63) is 60.4 Å². The molecule has 1 aromatic carbocycles. The van der Waals surface area contributed by atoms with Gasteiger partial charge in [0.2, 0.25) is 5.91 Å². The third-order valence-electron chi connectivity index (χ3n) is 2.85. The SMILES string of the molecule is NN(C(=O)CCCc1ccccn1)c1ccccc1. The predicted molar refractivity (Wildman–Crippen MR) is 75.3 cm³/mol. The van der Waals surface area contributed by atoms with Crippen molar-refractivity contribution in [1.29, 1.82) is 0 Å². The zero-order valence-corrected chi connectivity index (χ0v) is 10.7. The first kappa shape index (κ1) is 13.2. The van der Waals surface area contributed by atoms with Crippen molar-refractivity contribution in [2.24, 2.45) is 5.84 Å². The number of para-hydroxylation sites is 1. The van der Waals surface area contributed by atoms with Gasteiger partial charge in [0, 0.05) is 18.3 Å². The van der Waals surface area contributed by atoms with Crippen molar-refractivity contribution in [2.75, 3.05) is 5.01 Å². The average Bonchev–Trinajstić information content (AvgIpc) is 2.48. The maximum Gasteiger partial charge on any atom is 0.241 e. The molecule has 98 valence electrons. The molecule has 0 aliphatic rings. The summed E-state index contributed by atoms with van der Waals surface area (Å²) in [5.74, 6) is 5.70. The van der Waals surface area contributed by atoms with Crippen molar-refractivity contribution < 1.29 is 4.79 Å². The highest BCUT2D eigenvalue weighted by molar-refractivity contribution is 5.92. The van der Waals surface area contributed by atoms with E-state index < -0.39 is 0 Å². The number of pyridine rings is 1. The summed E-state index contributed by atoms with van der Waals surface area (Å²) in [6.45, 7) is 0. The molecule has 2 rings (SSSR count). The second-order valence-corrected chi connectivity index (χ2v) is 4.27. The molecule has 0 unspecified atom stereocenters. The van der Waals surface area contributed by atoms with E-state index in [1.807, 2.05) is 48.5 Å². The number of benzene rings is 1. The molecule has 0 spiro atoms. The lowest BCUT2D eigenvalue weighted by atomic mass is 10.1. The van der Waals surface area contributed by atoms with E-state index in [2.05, 4.69) is 4.98 Å². The van der Waals surface area contributed by atoms with E-state index in [0.29, 0.717) is 12.1 Å². The Balaban J connectivity index is 1.82. The van der Waals surface area contributed by atoms with Crippen LogP contribution in [0.4, 0.5) is 5.69 Å². The lowest BCUT2D eigenvalue weighted by molar-refractivity contribution is -0.118. The Bertz CT molecular complexity index is 513. The van der Waals surface area contributed by atoms with E-state index in [1.165, 1.54) is 5.01 Å². The first-order valence-electron chi connectivity index (χ1n) is 6.30. The normalized spacial score (nSPS) is 10.2.